The number of carbonyl (C=O) groups is 3. The maximum atomic E-state index is 14.7. The van der Waals surface area contributed by atoms with E-state index in [1.165, 1.54) is 17.0 Å². The second-order valence-electron chi connectivity index (χ2n) is 8.16. The van der Waals surface area contributed by atoms with E-state index in [0.29, 0.717) is 6.42 Å². The number of benzene rings is 1. The molecule has 3 amide bonds. The second-order valence-corrected chi connectivity index (χ2v) is 8.95. The van der Waals surface area contributed by atoms with E-state index >= 15 is 0 Å². The molecular weight excluding hydrogens is 418 g/mol. The van der Waals surface area contributed by atoms with Gasteiger partial charge in [0.25, 0.3) is 0 Å². The Morgan fingerprint density at radius 3 is 2.45 bits per heavy atom. The van der Waals surface area contributed by atoms with Gasteiger partial charge in [-0.25, -0.2) is 4.39 Å². The predicted octanol–water partition coefficient (Wildman–Crippen LogP) is 4.80. The molecule has 3 rings (SSSR count). The van der Waals surface area contributed by atoms with Crippen LogP contribution in [0.3, 0.4) is 0 Å². The molecular formula is C21H25Cl2FN2O3. The van der Waals surface area contributed by atoms with Crippen LogP contribution in [-0.4, -0.2) is 29.2 Å². The van der Waals surface area contributed by atoms with Crippen LogP contribution in [-0.2, 0) is 14.4 Å². The number of rotatable bonds is 7. The Kier molecular flexibility index (Phi) is 6.84. The average molecular weight is 443 g/mol. The second kappa shape index (κ2) is 9.00. The summed E-state index contributed by atoms with van der Waals surface area (Å²) in [5.74, 6) is -1.15. The molecule has 1 heterocycles. The zero-order valence-electron chi connectivity index (χ0n) is 16.4. The van der Waals surface area contributed by atoms with Gasteiger partial charge in [-0.3, -0.25) is 19.3 Å². The fraction of sp³-hybridized carbons (Fsp3) is 0.571. The highest BCUT2D eigenvalue weighted by Gasteiger charge is 2.41. The summed E-state index contributed by atoms with van der Waals surface area (Å²) in [5, 5.41) is 3.33. The number of nitrogens with zero attached hydrogens (tertiary/aromatic N) is 1. The molecule has 1 aliphatic carbocycles. The van der Waals surface area contributed by atoms with Gasteiger partial charge in [0.1, 0.15) is 5.82 Å². The Balaban J connectivity index is 1.72. The zero-order valence-corrected chi connectivity index (χ0v) is 17.9. The van der Waals surface area contributed by atoms with Crippen molar-refractivity contribution in [2.24, 2.45) is 5.41 Å². The van der Waals surface area contributed by atoms with Gasteiger partial charge in [0.05, 0.1) is 16.1 Å². The Labute approximate surface area is 179 Å². The molecule has 0 spiro atoms. The lowest BCUT2D eigenvalue weighted by atomic mass is 9.77. The van der Waals surface area contributed by atoms with Gasteiger partial charge in [-0.05, 0) is 36.8 Å². The summed E-state index contributed by atoms with van der Waals surface area (Å²) in [6.45, 7) is 2.25. The van der Waals surface area contributed by atoms with Crippen LogP contribution in [0.5, 0.6) is 0 Å². The molecule has 0 aromatic heterocycles. The summed E-state index contributed by atoms with van der Waals surface area (Å²) in [5.41, 5.74) is -0.104. The van der Waals surface area contributed by atoms with Gasteiger partial charge in [-0.15, -0.1) is 0 Å². The standard InChI is InChI=1S/C21H25Cl2FN2O3/c1-21(10-2-3-11-21)20(18-14(24)7-6-13(22)19(18)23)25-15(27)5-4-12-26-16(28)8-9-17(26)29/h6-7,20H,2-5,8-12H2,1H3,(H,25,27)/t20-/m1/s1. The fourth-order valence-corrected chi connectivity index (χ4v) is 4.80. The molecule has 29 heavy (non-hydrogen) atoms. The Bertz CT molecular complexity index is 808. The number of carbonyl (C=O) groups excluding carboxylic acids is 3. The van der Waals surface area contributed by atoms with Crippen molar-refractivity contribution in [1.82, 2.24) is 10.2 Å². The molecule has 1 aromatic carbocycles. The van der Waals surface area contributed by atoms with Crippen molar-refractivity contribution in [2.45, 2.75) is 64.3 Å². The van der Waals surface area contributed by atoms with Crippen LogP contribution in [0, 0.1) is 11.2 Å². The van der Waals surface area contributed by atoms with E-state index in [0.717, 1.165) is 25.7 Å². The van der Waals surface area contributed by atoms with Crippen LogP contribution in [0.2, 0.25) is 10.0 Å². The molecule has 158 valence electrons. The quantitative estimate of drug-likeness (QED) is 0.487. The smallest absolute Gasteiger partial charge is 0.229 e. The van der Waals surface area contributed by atoms with E-state index < -0.39 is 11.9 Å². The van der Waals surface area contributed by atoms with Crippen LogP contribution in [0.25, 0.3) is 0 Å². The largest absolute Gasteiger partial charge is 0.349 e. The molecule has 5 nitrogen and oxygen atoms in total. The Hall–Kier alpha value is -1.66. The van der Waals surface area contributed by atoms with Crippen LogP contribution in [0.1, 0.15) is 69.9 Å². The first kappa shape index (κ1) is 22.0. The highest BCUT2D eigenvalue weighted by molar-refractivity contribution is 6.42. The minimum atomic E-state index is -0.598. The summed E-state index contributed by atoms with van der Waals surface area (Å²) in [6.07, 6.45) is 4.65. The lowest BCUT2D eigenvalue weighted by molar-refractivity contribution is -0.138. The molecule has 1 saturated carbocycles. The first-order valence-electron chi connectivity index (χ1n) is 9.99. The Morgan fingerprint density at radius 2 is 1.83 bits per heavy atom. The summed E-state index contributed by atoms with van der Waals surface area (Å²) in [6, 6.07) is 2.08. The van der Waals surface area contributed by atoms with E-state index in [4.69, 9.17) is 23.2 Å². The highest BCUT2D eigenvalue weighted by Crippen LogP contribution is 2.50. The van der Waals surface area contributed by atoms with Gasteiger partial charge in [0.2, 0.25) is 17.7 Å². The fourth-order valence-electron chi connectivity index (χ4n) is 4.38. The predicted molar refractivity (Wildman–Crippen MR) is 109 cm³/mol. The first-order chi connectivity index (χ1) is 13.7. The van der Waals surface area contributed by atoms with Crippen LogP contribution in [0.4, 0.5) is 4.39 Å². The SMILES string of the molecule is CC1([C@H](NC(=O)CCCN2C(=O)CCC2=O)c2c(F)ccc(Cl)c2Cl)CCCC1. The maximum Gasteiger partial charge on any atom is 0.229 e. The zero-order chi connectivity index (χ0) is 21.2. The topological polar surface area (TPSA) is 66.5 Å². The molecule has 1 aliphatic heterocycles. The summed E-state index contributed by atoms with van der Waals surface area (Å²) < 4.78 is 14.7. The third kappa shape index (κ3) is 4.75. The van der Waals surface area contributed by atoms with E-state index in [-0.39, 0.29) is 64.6 Å². The Morgan fingerprint density at radius 1 is 1.21 bits per heavy atom. The number of halogens is 3. The molecule has 0 radical (unpaired) electrons. The molecule has 0 bridgehead atoms. The van der Waals surface area contributed by atoms with Crippen LogP contribution >= 0.6 is 23.2 Å². The minimum absolute atomic E-state index is 0.123. The van der Waals surface area contributed by atoms with Crippen molar-refractivity contribution in [3.05, 3.63) is 33.6 Å². The molecule has 2 fully saturated rings. The van der Waals surface area contributed by atoms with Gasteiger partial charge in [0, 0.05) is 31.4 Å². The molecule has 1 aromatic rings. The number of hydrogen-bond donors (Lipinski definition) is 1. The van der Waals surface area contributed by atoms with Gasteiger partial charge < -0.3 is 5.32 Å². The summed E-state index contributed by atoms with van der Waals surface area (Å²) in [4.78, 5) is 37.2. The molecule has 2 aliphatic rings. The molecule has 8 heteroatoms. The average Bonchev–Trinajstić information content (AvgIpc) is 3.25. The minimum Gasteiger partial charge on any atom is -0.349 e. The monoisotopic (exact) mass is 442 g/mol. The van der Waals surface area contributed by atoms with E-state index in [2.05, 4.69) is 5.32 Å². The molecule has 0 unspecified atom stereocenters. The third-order valence-corrected chi connectivity index (χ3v) is 6.88. The lowest BCUT2D eigenvalue weighted by Crippen LogP contribution is -2.39. The van der Waals surface area contributed by atoms with Gasteiger partial charge in [0.15, 0.2) is 0 Å². The number of nitrogens with one attached hydrogen (secondary N) is 1. The van der Waals surface area contributed by atoms with Crippen molar-refractivity contribution in [3.8, 4) is 0 Å². The van der Waals surface area contributed by atoms with E-state index in [1.807, 2.05) is 6.92 Å². The third-order valence-electron chi connectivity index (χ3n) is 6.06. The normalized spacial score (nSPS) is 19.7. The van der Waals surface area contributed by atoms with Crippen molar-refractivity contribution in [1.29, 1.82) is 0 Å². The molecule has 1 atom stereocenters. The summed E-state index contributed by atoms with van der Waals surface area (Å²) >= 11 is 12.5. The van der Waals surface area contributed by atoms with Crippen molar-refractivity contribution >= 4 is 40.9 Å². The van der Waals surface area contributed by atoms with Crippen molar-refractivity contribution in [3.63, 3.8) is 0 Å². The van der Waals surface area contributed by atoms with Gasteiger partial charge in [-0.2, -0.15) is 0 Å². The molecule has 1 N–H and O–H groups in total. The number of imide groups is 1. The number of likely N-dealkylation sites (tertiary alicyclic amines) is 1. The van der Waals surface area contributed by atoms with Crippen LogP contribution < -0.4 is 5.32 Å². The first-order valence-corrected chi connectivity index (χ1v) is 10.7. The lowest BCUT2D eigenvalue weighted by Gasteiger charge is -2.36. The maximum absolute atomic E-state index is 14.7. The number of amides is 3. The van der Waals surface area contributed by atoms with Gasteiger partial charge >= 0.3 is 0 Å². The van der Waals surface area contributed by atoms with Gasteiger partial charge in [-0.1, -0.05) is 43.0 Å². The van der Waals surface area contributed by atoms with Crippen molar-refractivity contribution < 1.29 is 18.8 Å². The van der Waals surface area contributed by atoms with Crippen LogP contribution in [0.15, 0.2) is 12.1 Å². The molecule has 1 saturated heterocycles. The van der Waals surface area contributed by atoms with Crippen molar-refractivity contribution in [2.75, 3.05) is 6.54 Å². The highest BCUT2D eigenvalue weighted by atomic mass is 35.5. The number of hydrogen-bond acceptors (Lipinski definition) is 3. The summed E-state index contributed by atoms with van der Waals surface area (Å²) in [7, 11) is 0. The van der Waals surface area contributed by atoms with E-state index in [1.54, 1.807) is 0 Å². The van der Waals surface area contributed by atoms with E-state index in [9.17, 15) is 18.8 Å².